The first-order valence-electron chi connectivity index (χ1n) is 6.92. The molecule has 2 rings (SSSR count). The first kappa shape index (κ1) is 18.8. The highest BCUT2D eigenvalue weighted by atomic mass is 35.5. The lowest BCUT2D eigenvalue weighted by molar-refractivity contribution is -0.137. The van der Waals surface area contributed by atoms with Gasteiger partial charge in [-0.3, -0.25) is 0 Å². The summed E-state index contributed by atoms with van der Waals surface area (Å²) in [6.07, 6.45) is -4.65. The van der Waals surface area contributed by atoms with Gasteiger partial charge in [-0.25, -0.2) is 13.1 Å². The summed E-state index contributed by atoms with van der Waals surface area (Å²) in [4.78, 5) is -0.594. The fourth-order valence-corrected chi connectivity index (χ4v) is 3.85. The molecule has 0 spiro atoms. The Morgan fingerprint density at radius 3 is 2.17 bits per heavy atom. The largest absolute Gasteiger partial charge is 0.416 e. The Morgan fingerprint density at radius 1 is 1.04 bits per heavy atom. The lowest BCUT2D eigenvalue weighted by atomic mass is 10.1. The highest BCUT2D eigenvalue weighted by Crippen LogP contribution is 2.33. The van der Waals surface area contributed by atoms with Gasteiger partial charge in [0.15, 0.2) is 0 Å². The zero-order valence-electron chi connectivity index (χ0n) is 12.9. The molecule has 0 radical (unpaired) electrons. The van der Waals surface area contributed by atoms with Gasteiger partial charge in [0.2, 0.25) is 10.0 Å². The minimum Gasteiger partial charge on any atom is -0.207 e. The van der Waals surface area contributed by atoms with Gasteiger partial charge < -0.3 is 0 Å². The van der Waals surface area contributed by atoms with E-state index in [1.165, 1.54) is 0 Å². The first-order chi connectivity index (χ1) is 11.0. The maximum atomic E-state index is 12.8. The van der Waals surface area contributed by atoms with Crippen molar-refractivity contribution in [3.63, 3.8) is 0 Å². The molecule has 0 atom stereocenters. The molecule has 0 bridgehead atoms. The van der Waals surface area contributed by atoms with Crippen molar-refractivity contribution in [2.24, 2.45) is 0 Å². The van der Waals surface area contributed by atoms with E-state index in [2.05, 4.69) is 4.72 Å². The van der Waals surface area contributed by atoms with Gasteiger partial charge in [-0.2, -0.15) is 13.2 Å². The summed E-state index contributed by atoms with van der Waals surface area (Å²) in [5, 5.41) is -0.268. The van der Waals surface area contributed by atoms with Crippen molar-refractivity contribution in [1.29, 1.82) is 0 Å². The zero-order valence-corrected chi connectivity index (χ0v) is 14.5. The summed E-state index contributed by atoms with van der Waals surface area (Å²) >= 11 is 5.78. The standard InChI is InChI=1S/C16H15ClF3NO2S/c1-10-5-11(2)7-12(6-10)9-21-24(22,23)15-8-13(16(18,19)20)3-4-14(15)17/h3-8,21H,9H2,1-2H3. The van der Waals surface area contributed by atoms with Gasteiger partial charge in [0.25, 0.3) is 0 Å². The number of sulfonamides is 1. The molecule has 0 aliphatic rings. The summed E-state index contributed by atoms with van der Waals surface area (Å²) in [5.74, 6) is 0. The van der Waals surface area contributed by atoms with Crippen LogP contribution < -0.4 is 4.72 Å². The molecular weight excluding hydrogens is 363 g/mol. The molecule has 2 aromatic carbocycles. The average molecular weight is 378 g/mol. The van der Waals surface area contributed by atoms with Crippen molar-refractivity contribution in [3.8, 4) is 0 Å². The molecule has 0 aliphatic carbocycles. The van der Waals surface area contributed by atoms with Crippen LogP contribution in [0, 0.1) is 13.8 Å². The molecule has 0 amide bonds. The number of nitrogens with one attached hydrogen (secondary N) is 1. The maximum Gasteiger partial charge on any atom is 0.416 e. The van der Waals surface area contributed by atoms with Gasteiger partial charge in [-0.15, -0.1) is 0 Å². The molecule has 0 aliphatic heterocycles. The van der Waals surface area contributed by atoms with Crippen LogP contribution in [0.1, 0.15) is 22.3 Å². The fourth-order valence-electron chi connectivity index (χ4n) is 2.31. The maximum absolute atomic E-state index is 12.8. The van der Waals surface area contributed by atoms with Crippen LogP contribution in [0.2, 0.25) is 5.02 Å². The quantitative estimate of drug-likeness (QED) is 0.855. The molecule has 0 saturated carbocycles. The molecular formula is C16H15ClF3NO2S. The van der Waals surface area contributed by atoms with Gasteiger partial charge in [-0.1, -0.05) is 40.9 Å². The van der Waals surface area contributed by atoms with Crippen LogP contribution >= 0.6 is 11.6 Å². The number of rotatable bonds is 4. The van der Waals surface area contributed by atoms with Crippen molar-refractivity contribution in [2.45, 2.75) is 31.5 Å². The Bertz CT molecular complexity index is 844. The molecule has 0 fully saturated rings. The number of benzene rings is 2. The van der Waals surface area contributed by atoms with Crippen LogP contribution in [0.25, 0.3) is 0 Å². The summed E-state index contributed by atoms with van der Waals surface area (Å²) in [6.45, 7) is 3.70. The predicted octanol–water partition coefficient (Wildman–Crippen LogP) is 4.45. The number of hydrogen-bond donors (Lipinski definition) is 1. The van der Waals surface area contributed by atoms with Crippen LogP contribution in [0.3, 0.4) is 0 Å². The number of alkyl halides is 3. The third-order valence-corrected chi connectivity index (χ3v) is 5.18. The van der Waals surface area contributed by atoms with E-state index in [0.717, 1.165) is 23.3 Å². The predicted molar refractivity (Wildman–Crippen MR) is 86.4 cm³/mol. The normalized spacial score (nSPS) is 12.4. The number of halogens is 4. The Morgan fingerprint density at radius 2 is 1.62 bits per heavy atom. The summed E-state index contributed by atoms with van der Waals surface area (Å²) in [7, 11) is -4.18. The van der Waals surface area contributed by atoms with Gasteiger partial charge in [0.1, 0.15) is 4.90 Å². The van der Waals surface area contributed by atoms with Gasteiger partial charge in [0, 0.05) is 6.54 Å². The molecule has 0 saturated heterocycles. The molecule has 130 valence electrons. The highest BCUT2D eigenvalue weighted by Gasteiger charge is 2.32. The van der Waals surface area contributed by atoms with E-state index >= 15 is 0 Å². The second-order valence-electron chi connectivity index (χ2n) is 5.46. The second kappa shape index (κ2) is 6.74. The third kappa shape index (κ3) is 4.49. The van der Waals surface area contributed by atoms with E-state index in [-0.39, 0.29) is 11.6 Å². The molecule has 0 unspecified atom stereocenters. The van der Waals surface area contributed by atoms with Gasteiger partial charge in [-0.05, 0) is 37.6 Å². The van der Waals surface area contributed by atoms with Crippen molar-refractivity contribution in [3.05, 3.63) is 63.7 Å². The summed E-state index contributed by atoms with van der Waals surface area (Å²) < 4.78 is 65.2. The minimum atomic E-state index is -4.65. The van der Waals surface area contributed by atoms with Crippen molar-refractivity contribution >= 4 is 21.6 Å². The third-order valence-electron chi connectivity index (χ3n) is 3.30. The van der Waals surface area contributed by atoms with E-state index in [1.807, 2.05) is 19.9 Å². The van der Waals surface area contributed by atoms with Crippen LogP contribution in [0.15, 0.2) is 41.3 Å². The van der Waals surface area contributed by atoms with Crippen LogP contribution in [-0.2, 0) is 22.7 Å². The van der Waals surface area contributed by atoms with Crippen LogP contribution in [0.4, 0.5) is 13.2 Å². The monoisotopic (exact) mass is 377 g/mol. The molecule has 0 heterocycles. The number of hydrogen-bond acceptors (Lipinski definition) is 2. The first-order valence-corrected chi connectivity index (χ1v) is 8.79. The van der Waals surface area contributed by atoms with Crippen molar-refractivity contribution < 1.29 is 21.6 Å². The Labute approximate surface area is 143 Å². The lowest BCUT2D eigenvalue weighted by Crippen LogP contribution is -2.24. The van der Waals surface area contributed by atoms with Crippen molar-refractivity contribution in [1.82, 2.24) is 4.72 Å². The van der Waals surface area contributed by atoms with Gasteiger partial charge >= 0.3 is 6.18 Å². The summed E-state index contributed by atoms with van der Waals surface area (Å²) in [6, 6.07) is 7.72. The molecule has 24 heavy (non-hydrogen) atoms. The molecule has 0 aromatic heterocycles. The van der Waals surface area contributed by atoms with Crippen LogP contribution in [0.5, 0.6) is 0 Å². The Hall–Kier alpha value is -1.57. The molecule has 8 heteroatoms. The SMILES string of the molecule is Cc1cc(C)cc(CNS(=O)(=O)c2cc(C(F)(F)F)ccc2Cl)c1. The lowest BCUT2D eigenvalue weighted by Gasteiger charge is -2.12. The van der Waals surface area contributed by atoms with E-state index in [0.29, 0.717) is 11.6 Å². The van der Waals surface area contributed by atoms with E-state index < -0.39 is 26.7 Å². The van der Waals surface area contributed by atoms with E-state index in [9.17, 15) is 21.6 Å². The fraction of sp³-hybridized carbons (Fsp3) is 0.250. The van der Waals surface area contributed by atoms with E-state index in [1.54, 1.807) is 12.1 Å². The average Bonchev–Trinajstić information content (AvgIpc) is 2.43. The summed E-state index contributed by atoms with van der Waals surface area (Å²) in [5.41, 5.74) is 1.56. The second-order valence-corrected chi connectivity index (χ2v) is 7.61. The zero-order chi connectivity index (χ0) is 18.1. The Balaban J connectivity index is 2.30. The number of aryl methyl sites for hydroxylation is 2. The Kier molecular flexibility index (Phi) is 5.27. The minimum absolute atomic E-state index is 0.0442. The molecule has 1 N–H and O–H groups in total. The van der Waals surface area contributed by atoms with E-state index in [4.69, 9.17) is 11.6 Å². The smallest absolute Gasteiger partial charge is 0.207 e. The van der Waals surface area contributed by atoms with Gasteiger partial charge in [0.05, 0.1) is 10.6 Å². The topological polar surface area (TPSA) is 46.2 Å². The van der Waals surface area contributed by atoms with Crippen LogP contribution in [-0.4, -0.2) is 8.42 Å². The highest BCUT2D eigenvalue weighted by molar-refractivity contribution is 7.89. The molecule has 2 aromatic rings. The van der Waals surface area contributed by atoms with Crippen molar-refractivity contribution in [2.75, 3.05) is 0 Å². The molecule has 3 nitrogen and oxygen atoms in total.